The van der Waals surface area contributed by atoms with Crippen molar-refractivity contribution in [2.75, 3.05) is 6.61 Å². The van der Waals surface area contributed by atoms with E-state index in [0.717, 1.165) is 5.92 Å². The molecule has 0 aromatic heterocycles. The largest absolute Gasteiger partial charge is 0.396 e. The van der Waals surface area contributed by atoms with Gasteiger partial charge in [0.25, 0.3) is 0 Å². The summed E-state index contributed by atoms with van der Waals surface area (Å²) in [5.41, 5.74) is 0.408. The fourth-order valence-corrected chi connectivity index (χ4v) is 1.78. The maximum atomic E-state index is 9.29. The highest BCUT2D eigenvalue weighted by atomic mass is 16.3. The number of hydrogen-bond donors (Lipinski definition) is 1. The molecular formula is C14H30O. The molecule has 0 aliphatic carbocycles. The maximum Gasteiger partial charge on any atom is 0.0459 e. The van der Waals surface area contributed by atoms with Gasteiger partial charge < -0.3 is 5.11 Å². The van der Waals surface area contributed by atoms with Gasteiger partial charge in [0.2, 0.25) is 0 Å². The van der Waals surface area contributed by atoms with Crippen LogP contribution in [0.15, 0.2) is 0 Å². The second-order valence-corrected chi connectivity index (χ2v) is 6.47. The van der Waals surface area contributed by atoms with Gasteiger partial charge in [0, 0.05) is 6.61 Å². The summed E-state index contributed by atoms with van der Waals surface area (Å²) in [6, 6.07) is 0. The van der Waals surface area contributed by atoms with Crippen molar-refractivity contribution in [1.29, 1.82) is 0 Å². The van der Waals surface area contributed by atoms with E-state index in [2.05, 4.69) is 34.6 Å². The molecule has 1 nitrogen and oxygen atoms in total. The first kappa shape index (κ1) is 15.0. The van der Waals surface area contributed by atoms with Crippen molar-refractivity contribution in [2.45, 2.75) is 66.7 Å². The number of aliphatic hydroxyl groups excluding tert-OH is 1. The van der Waals surface area contributed by atoms with Gasteiger partial charge in [-0.2, -0.15) is 0 Å². The normalized spacial score (nSPS) is 14.6. The van der Waals surface area contributed by atoms with Gasteiger partial charge in [-0.15, -0.1) is 0 Å². The number of rotatable bonds is 7. The molecule has 0 bridgehead atoms. The van der Waals surface area contributed by atoms with Gasteiger partial charge in [-0.05, 0) is 36.5 Å². The minimum absolute atomic E-state index is 0.369. The van der Waals surface area contributed by atoms with Crippen LogP contribution in [-0.4, -0.2) is 11.7 Å². The lowest BCUT2D eigenvalue weighted by Crippen LogP contribution is -2.12. The van der Waals surface area contributed by atoms with Crippen LogP contribution >= 0.6 is 0 Å². The highest BCUT2D eigenvalue weighted by Crippen LogP contribution is 2.26. The average Bonchev–Trinajstić information content (AvgIpc) is 2.08. The fourth-order valence-electron chi connectivity index (χ4n) is 1.78. The van der Waals surface area contributed by atoms with Gasteiger partial charge in [0.05, 0.1) is 0 Å². The third kappa shape index (κ3) is 10.2. The van der Waals surface area contributed by atoms with Crippen molar-refractivity contribution in [2.24, 2.45) is 17.3 Å². The van der Waals surface area contributed by atoms with Crippen LogP contribution in [0.1, 0.15) is 66.7 Å². The zero-order valence-corrected chi connectivity index (χ0v) is 11.3. The Morgan fingerprint density at radius 3 is 2.00 bits per heavy atom. The topological polar surface area (TPSA) is 20.2 Å². The van der Waals surface area contributed by atoms with Crippen molar-refractivity contribution in [3.05, 3.63) is 0 Å². The number of hydrogen-bond acceptors (Lipinski definition) is 1. The lowest BCUT2D eigenvalue weighted by atomic mass is 9.85. The Hall–Kier alpha value is -0.0400. The van der Waals surface area contributed by atoms with E-state index in [1.807, 2.05) is 0 Å². The molecule has 0 aliphatic rings. The third-order valence-corrected chi connectivity index (χ3v) is 2.95. The van der Waals surface area contributed by atoms with Crippen LogP contribution in [0.3, 0.4) is 0 Å². The summed E-state index contributed by atoms with van der Waals surface area (Å²) in [5, 5.41) is 9.29. The zero-order valence-electron chi connectivity index (χ0n) is 11.3. The van der Waals surface area contributed by atoms with E-state index in [0.29, 0.717) is 17.9 Å². The highest BCUT2D eigenvalue weighted by Gasteiger charge is 2.14. The van der Waals surface area contributed by atoms with E-state index in [1.165, 1.54) is 32.1 Å². The van der Waals surface area contributed by atoms with Crippen LogP contribution in [0, 0.1) is 17.3 Å². The first-order valence-electron chi connectivity index (χ1n) is 6.46. The van der Waals surface area contributed by atoms with Gasteiger partial charge in [-0.25, -0.2) is 0 Å². The monoisotopic (exact) mass is 214 g/mol. The molecular weight excluding hydrogens is 184 g/mol. The minimum Gasteiger partial charge on any atom is -0.396 e. The molecule has 15 heavy (non-hydrogen) atoms. The van der Waals surface area contributed by atoms with E-state index in [-0.39, 0.29) is 0 Å². The van der Waals surface area contributed by atoms with E-state index >= 15 is 0 Å². The third-order valence-electron chi connectivity index (χ3n) is 2.95. The zero-order chi connectivity index (χ0) is 11.9. The Balaban J connectivity index is 3.64. The summed E-state index contributed by atoms with van der Waals surface area (Å²) in [7, 11) is 0. The average molecular weight is 214 g/mol. The summed E-state index contributed by atoms with van der Waals surface area (Å²) < 4.78 is 0. The van der Waals surface area contributed by atoms with Crippen LogP contribution < -0.4 is 0 Å². The molecule has 0 rings (SSSR count). The summed E-state index contributed by atoms with van der Waals surface area (Å²) in [4.78, 5) is 0. The molecule has 0 spiro atoms. The van der Waals surface area contributed by atoms with E-state index < -0.39 is 0 Å². The van der Waals surface area contributed by atoms with E-state index in [1.54, 1.807) is 0 Å². The van der Waals surface area contributed by atoms with Crippen molar-refractivity contribution < 1.29 is 5.11 Å². The van der Waals surface area contributed by atoms with Crippen molar-refractivity contribution in [3.63, 3.8) is 0 Å². The van der Waals surface area contributed by atoms with Crippen molar-refractivity contribution in [1.82, 2.24) is 0 Å². The summed E-state index contributed by atoms with van der Waals surface area (Å²) in [6.07, 6.45) is 6.17. The molecule has 0 amide bonds. The standard InChI is InChI=1S/C14H30O/c1-12(2)7-6-8-13(11-15)9-10-14(3,4)5/h12-13,15H,6-11H2,1-5H3/t13-/m0/s1. The lowest BCUT2D eigenvalue weighted by Gasteiger charge is -2.22. The molecule has 1 heteroatoms. The second kappa shape index (κ2) is 7.27. The molecule has 92 valence electrons. The van der Waals surface area contributed by atoms with E-state index in [4.69, 9.17) is 0 Å². The SMILES string of the molecule is CC(C)CCC[C@H](CO)CCC(C)(C)C. The van der Waals surface area contributed by atoms with Crippen LogP contribution in [0.2, 0.25) is 0 Å². The van der Waals surface area contributed by atoms with Gasteiger partial charge in [-0.3, -0.25) is 0 Å². The maximum absolute atomic E-state index is 9.29. The molecule has 1 atom stereocenters. The van der Waals surface area contributed by atoms with Crippen LogP contribution in [0.25, 0.3) is 0 Å². The molecule has 0 unspecified atom stereocenters. The highest BCUT2D eigenvalue weighted by molar-refractivity contribution is 4.66. The molecule has 0 fully saturated rings. The quantitative estimate of drug-likeness (QED) is 0.672. The molecule has 0 saturated carbocycles. The van der Waals surface area contributed by atoms with Gasteiger partial charge in [0.15, 0.2) is 0 Å². The summed E-state index contributed by atoms with van der Waals surface area (Å²) in [6.45, 7) is 11.7. The molecule has 0 aromatic rings. The van der Waals surface area contributed by atoms with Crippen LogP contribution in [-0.2, 0) is 0 Å². The Labute approximate surface area is 96.3 Å². The number of aliphatic hydroxyl groups is 1. The predicted octanol–water partition coefficient (Wildman–Crippen LogP) is 4.25. The van der Waals surface area contributed by atoms with Gasteiger partial charge in [-0.1, -0.05) is 47.5 Å². The molecule has 0 aromatic carbocycles. The molecule has 0 radical (unpaired) electrons. The Morgan fingerprint density at radius 2 is 1.60 bits per heavy atom. The van der Waals surface area contributed by atoms with E-state index in [9.17, 15) is 5.11 Å². The van der Waals surface area contributed by atoms with Gasteiger partial charge in [0.1, 0.15) is 0 Å². The summed E-state index contributed by atoms with van der Waals surface area (Å²) in [5.74, 6) is 1.33. The minimum atomic E-state index is 0.369. The molecule has 0 heterocycles. The van der Waals surface area contributed by atoms with Crippen LogP contribution in [0.4, 0.5) is 0 Å². The van der Waals surface area contributed by atoms with Crippen molar-refractivity contribution in [3.8, 4) is 0 Å². The van der Waals surface area contributed by atoms with Crippen LogP contribution in [0.5, 0.6) is 0 Å². The van der Waals surface area contributed by atoms with Gasteiger partial charge >= 0.3 is 0 Å². The Morgan fingerprint density at radius 1 is 1.00 bits per heavy atom. The molecule has 0 saturated heterocycles. The molecule has 1 N–H and O–H groups in total. The van der Waals surface area contributed by atoms with Crippen molar-refractivity contribution >= 4 is 0 Å². The first-order chi connectivity index (χ1) is 6.85. The Kier molecular flexibility index (Phi) is 7.25. The fraction of sp³-hybridized carbons (Fsp3) is 1.00. The first-order valence-corrected chi connectivity index (χ1v) is 6.46. The second-order valence-electron chi connectivity index (χ2n) is 6.47. The molecule has 0 aliphatic heterocycles. The smallest absolute Gasteiger partial charge is 0.0459 e. The Bertz CT molecular complexity index is 144. The lowest BCUT2D eigenvalue weighted by molar-refractivity contribution is 0.189. The summed E-state index contributed by atoms with van der Waals surface area (Å²) >= 11 is 0. The predicted molar refractivity (Wildman–Crippen MR) is 68.0 cm³/mol.